The van der Waals surface area contributed by atoms with Gasteiger partial charge in [-0.15, -0.1) is 0 Å². The van der Waals surface area contributed by atoms with Gasteiger partial charge in [0.05, 0.1) is 6.61 Å². The van der Waals surface area contributed by atoms with Crippen LogP contribution in [0.5, 0.6) is 5.75 Å². The molecule has 5 heteroatoms. The lowest BCUT2D eigenvalue weighted by atomic mass is 9.87. The molecule has 2 rings (SSSR count). The van der Waals surface area contributed by atoms with Crippen LogP contribution in [0.4, 0.5) is 10.5 Å². The first-order valence-corrected chi connectivity index (χ1v) is 9.59. The molecule has 2 aromatic rings. The molecule has 2 aromatic carbocycles. The van der Waals surface area contributed by atoms with E-state index in [1.54, 1.807) is 0 Å². The summed E-state index contributed by atoms with van der Waals surface area (Å²) >= 11 is 3.45. The lowest BCUT2D eigenvalue weighted by Gasteiger charge is -2.19. The van der Waals surface area contributed by atoms with E-state index in [9.17, 15) is 4.79 Å². The number of rotatable bonds is 6. The van der Waals surface area contributed by atoms with Crippen LogP contribution in [0.1, 0.15) is 38.3 Å². The average molecular weight is 419 g/mol. The molecule has 0 fully saturated rings. The molecule has 0 saturated carbocycles. The van der Waals surface area contributed by atoms with Gasteiger partial charge in [-0.2, -0.15) is 0 Å². The topological polar surface area (TPSA) is 50.4 Å². The summed E-state index contributed by atoms with van der Waals surface area (Å²) in [6.07, 6.45) is 0.744. The van der Waals surface area contributed by atoms with Crippen molar-refractivity contribution in [2.45, 2.75) is 39.5 Å². The Bertz CT molecular complexity index is 737. The third-order valence-corrected chi connectivity index (χ3v) is 4.90. The molecule has 0 atom stereocenters. The maximum absolute atomic E-state index is 11.9. The SMILES string of the molecule is Cc1cc(NC(=O)NCCCOc2ccc(C(C)(C)C)cc2)ccc1Br. The second kappa shape index (κ2) is 9.08. The molecule has 0 aromatic heterocycles. The fourth-order valence-electron chi connectivity index (χ4n) is 2.41. The van der Waals surface area contributed by atoms with Crippen molar-refractivity contribution < 1.29 is 9.53 Å². The Kier molecular flexibility index (Phi) is 7.09. The molecule has 26 heavy (non-hydrogen) atoms. The highest BCUT2D eigenvalue weighted by molar-refractivity contribution is 9.10. The summed E-state index contributed by atoms with van der Waals surface area (Å²) in [5.41, 5.74) is 3.28. The highest BCUT2D eigenvalue weighted by Gasteiger charge is 2.12. The number of nitrogens with one attached hydrogen (secondary N) is 2. The second-order valence-electron chi connectivity index (χ2n) is 7.32. The Hall–Kier alpha value is -2.01. The molecule has 4 nitrogen and oxygen atoms in total. The minimum atomic E-state index is -0.207. The second-order valence-corrected chi connectivity index (χ2v) is 8.18. The molecule has 0 spiro atoms. The van der Waals surface area contributed by atoms with E-state index in [2.05, 4.69) is 59.5 Å². The molecule has 0 aliphatic heterocycles. The molecule has 0 bridgehead atoms. The van der Waals surface area contributed by atoms with Crippen LogP contribution in [0.3, 0.4) is 0 Å². The highest BCUT2D eigenvalue weighted by atomic mass is 79.9. The Morgan fingerprint density at radius 1 is 1.12 bits per heavy atom. The molecule has 2 amide bonds. The third-order valence-electron chi connectivity index (χ3n) is 4.01. The number of halogens is 1. The molecule has 140 valence electrons. The molecule has 0 radical (unpaired) electrons. The number of aryl methyl sites for hydroxylation is 1. The monoisotopic (exact) mass is 418 g/mol. The van der Waals surface area contributed by atoms with E-state index < -0.39 is 0 Å². The number of ether oxygens (including phenoxy) is 1. The first kappa shape index (κ1) is 20.3. The number of carbonyl (C=O) groups excluding carboxylic acids is 1. The number of hydrogen-bond acceptors (Lipinski definition) is 2. The maximum atomic E-state index is 11.9. The van der Waals surface area contributed by atoms with Crippen molar-refractivity contribution in [3.63, 3.8) is 0 Å². The number of carbonyl (C=O) groups is 1. The Morgan fingerprint density at radius 3 is 2.42 bits per heavy atom. The van der Waals surface area contributed by atoms with Crippen molar-refractivity contribution in [2.75, 3.05) is 18.5 Å². The number of urea groups is 1. The molecule has 0 heterocycles. The van der Waals surface area contributed by atoms with E-state index >= 15 is 0 Å². The van der Waals surface area contributed by atoms with Gasteiger partial charge in [0.15, 0.2) is 0 Å². The summed E-state index contributed by atoms with van der Waals surface area (Å²) in [6.45, 7) is 9.67. The molecule has 0 saturated heterocycles. The zero-order valence-corrected chi connectivity index (χ0v) is 17.4. The molecular formula is C21H27BrN2O2. The number of benzene rings is 2. The van der Waals surface area contributed by atoms with Crippen molar-refractivity contribution in [3.8, 4) is 5.75 Å². The van der Waals surface area contributed by atoms with Gasteiger partial charge < -0.3 is 15.4 Å². The van der Waals surface area contributed by atoms with E-state index in [4.69, 9.17) is 4.74 Å². The quantitative estimate of drug-likeness (QED) is 0.595. The zero-order chi connectivity index (χ0) is 19.2. The van der Waals surface area contributed by atoms with Crippen molar-refractivity contribution in [1.82, 2.24) is 5.32 Å². The molecule has 0 unspecified atom stereocenters. The van der Waals surface area contributed by atoms with Crippen LogP contribution in [0.25, 0.3) is 0 Å². The first-order valence-electron chi connectivity index (χ1n) is 8.80. The molecule has 2 N–H and O–H groups in total. The van der Waals surface area contributed by atoms with Crippen LogP contribution in [0.15, 0.2) is 46.9 Å². The zero-order valence-electron chi connectivity index (χ0n) is 15.9. The lowest BCUT2D eigenvalue weighted by Crippen LogP contribution is -2.30. The smallest absolute Gasteiger partial charge is 0.319 e. The van der Waals surface area contributed by atoms with Gasteiger partial charge >= 0.3 is 6.03 Å². The van der Waals surface area contributed by atoms with Gasteiger partial charge in [-0.1, -0.05) is 48.8 Å². The van der Waals surface area contributed by atoms with Gasteiger partial charge in [0.2, 0.25) is 0 Å². The van der Waals surface area contributed by atoms with E-state index in [1.807, 2.05) is 37.3 Å². The molecular weight excluding hydrogens is 392 g/mol. The summed E-state index contributed by atoms with van der Waals surface area (Å²) in [5.74, 6) is 0.854. The van der Waals surface area contributed by atoms with Gasteiger partial charge in [0.25, 0.3) is 0 Å². The summed E-state index contributed by atoms with van der Waals surface area (Å²) in [7, 11) is 0. The normalized spacial score (nSPS) is 11.1. The molecule has 0 aliphatic rings. The van der Waals surface area contributed by atoms with Gasteiger partial charge in [-0.3, -0.25) is 0 Å². The average Bonchev–Trinajstić information content (AvgIpc) is 2.57. The first-order chi connectivity index (χ1) is 12.3. The van der Waals surface area contributed by atoms with E-state index in [1.165, 1.54) is 5.56 Å². The van der Waals surface area contributed by atoms with E-state index in [0.29, 0.717) is 13.2 Å². The summed E-state index contributed by atoms with van der Waals surface area (Å²) in [5, 5.41) is 5.67. The van der Waals surface area contributed by atoms with Gasteiger partial charge in [-0.25, -0.2) is 4.79 Å². The number of hydrogen-bond donors (Lipinski definition) is 2. The van der Waals surface area contributed by atoms with Crippen LogP contribution in [0.2, 0.25) is 0 Å². The van der Waals surface area contributed by atoms with Crippen LogP contribution < -0.4 is 15.4 Å². The Morgan fingerprint density at radius 2 is 1.81 bits per heavy atom. The standard InChI is InChI=1S/C21H27BrN2O2/c1-15-14-17(8-11-19(15)22)24-20(25)23-12-5-13-26-18-9-6-16(7-10-18)21(2,3)4/h6-11,14H,5,12-13H2,1-4H3,(H2,23,24,25). The Balaban J connectivity index is 1.67. The third kappa shape index (κ3) is 6.37. The summed E-state index contributed by atoms with van der Waals surface area (Å²) < 4.78 is 6.75. The predicted molar refractivity (Wildman–Crippen MR) is 111 cm³/mol. The van der Waals surface area contributed by atoms with Gasteiger partial charge in [0, 0.05) is 16.7 Å². The van der Waals surface area contributed by atoms with Crippen molar-refractivity contribution in [2.24, 2.45) is 0 Å². The highest BCUT2D eigenvalue weighted by Crippen LogP contribution is 2.24. The van der Waals surface area contributed by atoms with Crippen LogP contribution in [-0.4, -0.2) is 19.2 Å². The van der Waals surface area contributed by atoms with Crippen LogP contribution >= 0.6 is 15.9 Å². The van der Waals surface area contributed by atoms with E-state index in [0.717, 1.165) is 27.9 Å². The van der Waals surface area contributed by atoms with Crippen LogP contribution in [0, 0.1) is 6.92 Å². The summed E-state index contributed by atoms with van der Waals surface area (Å²) in [4.78, 5) is 11.9. The van der Waals surface area contributed by atoms with Crippen LogP contribution in [-0.2, 0) is 5.41 Å². The predicted octanol–water partition coefficient (Wildman–Crippen LogP) is 5.65. The minimum Gasteiger partial charge on any atom is -0.494 e. The molecule has 0 aliphatic carbocycles. The number of amides is 2. The lowest BCUT2D eigenvalue weighted by molar-refractivity contribution is 0.250. The minimum absolute atomic E-state index is 0.142. The fraction of sp³-hybridized carbons (Fsp3) is 0.381. The largest absolute Gasteiger partial charge is 0.494 e. The van der Waals surface area contributed by atoms with Crippen molar-refractivity contribution in [3.05, 3.63) is 58.1 Å². The van der Waals surface area contributed by atoms with Gasteiger partial charge in [0.1, 0.15) is 5.75 Å². The van der Waals surface area contributed by atoms with Crippen molar-refractivity contribution >= 4 is 27.6 Å². The van der Waals surface area contributed by atoms with Gasteiger partial charge in [-0.05, 0) is 60.2 Å². The Labute approximate surface area is 164 Å². The van der Waals surface area contributed by atoms with E-state index in [-0.39, 0.29) is 11.4 Å². The maximum Gasteiger partial charge on any atom is 0.319 e. The number of anilines is 1. The summed E-state index contributed by atoms with van der Waals surface area (Å²) in [6, 6.07) is 13.7. The fourth-order valence-corrected chi connectivity index (χ4v) is 2.66. The van der Waals surface area contributed by atoms with Crippen molar-refractivity contribution in [1.29, 1.82) is 0 Å².